The van der Waals surface area contributed by atoms with Crippen molar-refractivity contribution in [2.45, 2.75) is 19.9 Å². The summed E-state index contributed by atoms with van der Waals surface area (Å²) in [5, 5.41) is 5.66. The van der Waals surface area contributed by atoms with Gasteiger partial charge in [0.05, 0.1) is 10.7 Å². The summed E-state index contributed by atoms with van der Waals surface area (Å²) in [6, 6.07) is 2.19. The molecular weight excluding hydrogens is 348 g/mol. The van der Waals surface area contributed by atoms with Crippen LogP contribution in [0.3, 0.4) is 0 Å². The van der Waals surface area contributed by atoms with Gasteiger partial charge < -0.3 is 25.2 Å². The van der Waals surface area contributed by atoms with Crippen LogP contribution in [0.4, 0.5) is 16.2 Å². The summed E-state index contributed by atoms with van der Waals surface area (Å²) in [5.41, 5.74) is 0.816. The number of fused-ring (bicyclic) bond motifs is 1. The highest BCUT2D eigenvalue weighted by molar-refractivity contribution is 6.33. The molecular formula is C16H19ClN4O4. The van der Waals surface area contributed by atoms with Gasteiger partial charge in [0, 0.05) is 25.3 Å². The Labute approximate surface area is 150 Å². The lowest BCUT2D eigenvalue weighted by Gasteiger charge is -2.38. The van der Waals surface area contributed by atoms with E-state index in [4.69, 9.17) is 16.3 Å². The Morgan fingerprint density at radius 2 is 2.16 bits per heavy atom. The van der Waals surface area contributed by atoms with Crippen molar-refractivity contribution in [3.8, 4) is 5.75 Å². The zero-order valence-corrected chi connectivity index (χ0v) is 14.7. The van der Waals surface area contributed by atoms with Crippen LogP contribution < -0.4 is 15.4 Å². The zero-order valence-electron chi connectivity index (χ0n) is 14.0. The van der Waals surface area contributed by atoms with E-state index in [9.17, 15) is 14.4 Å². The Hall–Kier alpha value is -2.48. The average molecular weight is 367 g/mol. The van der Waals surface area contributed by atoms with Crippen molar-refractivity contribution >= 4 is 40.8 Å². The Balaban J connectivity index is 1.75. The smallest absolute Gasteiger partial charge is 0.322 e. The minimum absolute atomic E-state index is 0.0759. The van der Waals surface area contributed by atoms with E-state index in [-0.39, 0.29) is 23.4 Å². The molecule has 1 fully saturated rings. The number of piperazine rings is 1. The molecule has 0 aromatic heterocycles. The number of benzene rings is 1. The fourth-order valence-electron chi connectivity index (χ4n) is 2.95. The van der Waals surface area contributed by atoms with Crippen LogP contribution in [-0.4, -0.2) is 59.9 Å². The third-order valence-corrected chi connectivity index (χ3v) is 4.59. The summed E-state index contributed by atoms with van der Waals surface area (Å²) in [6.45, 7) is 5.09. The third-order valence-electron chi connectivity index (χ3n) is 4.31. The molecule has 1 aromatic rings. The molecule has 2 N–H and O–H groups in total. The maximum atomic E-state index is 12.5. The lowest BCUT2D eigenvalue weighted by Crippen LogP contribution is -2.58. The average Bonchev–Trinajstić information content (AvgIpc) is 2.56. The molecule has 0 spiro atoms. The van der Waals surface area contributed by atoms with Crippen molar-refractivity contribution in [3.05, 3.63) is 17.2 Å². The second-order valence-corrected chi connectivity index (χ2v) is 6.30. The SMILES string of the molecule is CCN1CCN(C(=O)Nc2cc(Cl)c3c(c2)NC(=O)CO3)[C@H](C)C1=O. The van der Waals surface area contributed by atoms with E-state index in [1.807, 2.05) is 6.92 Å². The van der Waals surface area contributed by atoms with Crippen molar-refractivity contribution < 1.29 is 19.1 Å². The molecule has 2 aliphatic heterocycles. The number of hydrogen-bond acceptors (Lipinski definition) is 4. The number of nitrogens with zero attached hydrogens (tertiary/aromatic N) is 2. The number of likely N-dealkylation sites (N-methyl/N-ethyl adjacent to an activating group) is 1. The van der Waals surface area contributed by atoms with Crippen molar-refractivity contribution in [3.63, 3.8) is 0 Å². The molecule has 1 saturated heterocycles. The van der Waals surface area contributed by atoms with Gasteiger partial charge in [-0.25, -0.2) is 4.79 Å². The van der Waals surface area contributed by atoms with Gasteiger partial charge in [0.1, 0.15) is 6.04 Å². The molecule has 8 nitrogen and oxygen atoms in total. The molecule has 9 heteroatoms. The molecule has 0 aliphatic carbocycles. The van der Waals surface area contributed by atoms with Crippen LogP contribution >= 0.6 is 11.6 Å². The second-order valence-electron chi connectivity index (χ2n) is 5.89. The largest absolute Gasteiger partial charge is 0.480 e. The number of halogens is 1. The summed E-state index contributed by atoms with van der Waals surface area (Å²) < 4.78 is 5.28. The number of carbonyl (C=O) groups excluding carboxylic acids is 3. The van der Waals surface area contributed by atoms with E-state index in [0.29, 0.717) is 36.8 Å². The standard InChI is InChI=1S/C16H19ClN4O4/c1-3-20-4-5-21(9(2)15(20)23)16(24)18-10-6-11(17)14-12(7-10)19-13(22)8-25-14/h6-7,9H,3-5,8H2,1-2H3,(H,18,24)(H,19,22)/t9-/m1/s1. The van der Waals surface area contributed by atoms with Crippen molar-refractivity contribution in [1.29, 1.82) is 0 Å². The van der Waals surface area contributed by atoms with Crippen molar-refractivity contribution in [2.75, 3.05) is 36.9 Å². The number of rotatable bonds is 2. The zero-order chi connectivity index (χ0) is 18.1. The number of anilines is 2. The van der Waals surface area contributed by atoms with Gasteiger partial charge in [-0.3, -0.25) is 9.59 Å². The predicted molar refractivity (Wildman–Crippen MR) is 93.0 cm³/mol. The first-order valence-electron chi connectivity index (χ1n) is 8.03. The van der Waals surface area contributed by atoms with E-state index in [1.165, 1.54) is 4.90 Å². The maximum Gasteiger partial charge on any atom is 0.322 e. The molecule has 1 atom stereocenters. The molecule has 0 bridgehead atoms. The number of amides is 4. The van der Waals surface area contributed by atoms with Crippen LogP contribution in [0.2, 0.25) is 5.02 Å². The fraction of sp³-hybridized carbons (Fsp3) is 0.438. The lowest BCUT2D eigenvalue weighted by atomic mass is 10.2. The number of ether oxygens (including phenoxy) is 1. The number of urea groups is 1. The Morgan fingerprint density at radius 1 is 1.40 bits per heavy atom. The van der Waals surface area contributed by atoms with Crippen LogP contribution in [0, 0.1) is 0 Å². The molecule has 0 radical (unpaired) electrons. The Bertz CT molecular complexity index is 739. The van der Waals surface area contributed by atoms with E-state index < -0.39 is 12.1 Å². The highest BCUT2D eigenvalue weighted by Crippen LogP contribution is 2.38. The topological polar surface area (TPSA) is 91.0 Å². The Morgan fingerprint density at radius 3 is 2.88 bits per heavy atom. The lowest BCUT2D eigenvalue weighted by molar-refractivity contribution is -0.138. The minimum Gasteiger partial charge on any atom is -0.480 e. The van der Waals surface area contributed by atoms with Gasteiger partial charge in [-0.2, -0.15) is 0 Å². The number of hydrogen-bond donors (Lipinski definition) is 2. The number of carbonyl (C=O) groups is 3. The van der Waals surface area contributed by atoms with E-state index >= 15 is 0 Å². The summed E-state index contributed by atoms with van der Waals surface area (Å²) in [7, 11) is 0. The summed E-state index contributed by atoms with van der Waals surface area (Å²) in [4.78, 5) is 39.4. The van der Waals surface area contributed by atoms with Gasteiger partial charge in [-0.1, -0.05) is 11.6 Å². The second kappa shape index (κ2) is 6.79. The van der Waals surface area contributed by atoms with Crippen LogP contribution in [-0.2, 0) is 9.59 Å². The Kier molecular flexibility index (Phi) is 4.71. The van der Waals surface area contributed by atoms with Crippen molar-refractivity contribution in [2.24, 2.45) is 0 Å². The van der Waals surface area contributed by atoms with Crippen LogP contribution in [0.25, 0.3) is 0 Å². The number of nitrogens with one attached hydrogen (secondary N) is 2. The van der Waals surface area contributed by atoms with E-state index in [0.717, 1.165) is 0 Å². The van der Waals surface area contributed by atoms with Crippen LogP contribution in [0.1, 0.15) is 13.8 Å². The van der Waals surface area contributed by atoms with E-state index in [2.05, 4.69) is 10.6 Å². The first kappa shape index (κ1) is 17.3. The maximum absolute atomic E-state index is 12.5. The molecule has 2 aliphatic rings. The monoisotopic (exact) mass is 366 g/mol. The third kappa shape index (κ3) is 3.34. The first-order valence-corrected chi connectivity index (χ1v) is 8.41. The van der Waals surface area contributed by atoms with Gasteiger partial charge in [0.15, 0.2) is 12.4 Å². The molecule has 0 unspecified atom stereocenters. The molecule has 134 valence electrons. The summed E-state index contributed by atoms with van der Waals surface area (Å²) in [6.07, 6.45) is 0. The normalized spacial score (nSPS) is 19.9. The van der Waals surface area contributed by atoms with Crippen LogP contribution in [0.5, 0.6) is 5.75 Å². The van der Waals surface area contributed by atoms with Gasteiger partial charge in [0.25, 0.3) is 5.91 Å². The summed E-state index contributed by atoms with van der Waals surface area (Å²) in [5.74, 6) is 0.00866. The molecule has 25 heavy (non-hydrogen) atoms. The van der Waals surface area contributed by atoms with Crippen LogP contribution in [0.15, 0.2) is 12.1 Å². The molecule has 3 rings (SSSR count). The highest BCUT2D eigenvalue weighted by Gasteiger charge is 2.33. The van der Waals surface area contributed by atoms with Gasteiger partial charge in [0.2, 0.25) is 5.91 Å². The molecule has 2 heterocycles. The molecule has 4 amide bonds. The van der Waals surface area contributed by atoms with E-state index in [1.54, 1.807) is 24.0 Å². The minimum atomic E-state index is -0.537. The predicted octanol–water partition coefficient (Wildman–Crippen LogP) is 1.76. The van der Waals surface area contributed by atoms with Gasteiger partial charge in [-0.15, -0.1) is 0 Å². The first-order chi connectivity index (χ1) is 11.9. The molecule has 0 saturated carbocycles. The fourth-order valence-corrected chi connectivity index (χ4v) is 3.22. The highest BCUT2D eigenvalue weighted by atomic mass is 35.5. The summed E-state index contributed by atoms with van der Waals surface area (Å²) >= 11 is 6.15. The van der Waals surface area contributed by atoms with Crippen molar-refractivity contribution in [1.82, 2.24) is 9.80 Å². The quantitative estimate of drug-likeness (QED) is 0.834. The molecule has 1 aromatic carbocycles. The van der Waals surface area contributed by atoms with Gasteiger partial charge >= 0.3 is 6.03 Å². The van der Waals surface area contributed by atoms with Gasteiger partial charge in [-0.05, 0) is 26.0 Å².